The molecule has 0 aliphatic heterocycles. The van der Waals surface area contributed by atoms with Crippen LogP contribution in [0.25, 0.3) is 0 Å². The van der Waals surface area contributed by atoms with Crippen molar-refractivity contribution in [3.63, 3.8) is 0 Å². The predicted octanol–water partition coefficient (Wildman–Crippen LogP) is 3.03. The standard InChI is InChI=1S/C10H12F/c1-8(2)7-9-3-5-10(11)6-4-9/h3-8H,1-2H3. The third-order valence-electron chi connectivity index (χ3n) is 1.40. The summed E-state index contributed by atoms with van der Waals surface area (Å²) in [6.45, 7) is 4.20. The molecule has 11 heavy (non-hydrogen) atoms. The van der Waals surface area contributed by atoms with Gasteiger partial charge in [0.2, 0.25) is 0 Å². The zero-order valence-corrected chi connectivity index (χ0v) is 6.84. The van der Waals surface area contributed by atoms with Gasteiger partial charge in [-0.2, -0.15) is 0 Å². The maximum atomic E-state index is 12.4. The molecule has 0 unspecified atom stereocenters. The van der Waals surface area contributed by atoms with Crippen LogP contribution in [0.3, 0.4) is 0 Å². The topological polar surface area (TPSA) is 0 Å². The average molecular weight is 151 g/mol. The molecular weight excluding hydrogens is 139 g/mol. The van der Waals surface area contributed by atoms with Crippen LogP contribution in [-0.4, -0.2) is 0 Å². The third kappa shape index (κ3) is 2.71. The van der Waals surface area contributed by atoms with E-state index >= 15 is 0 Å². The van der Waals surface area contributed by atoms with Crippen LogP contribution in [-0.2, 0) is 0 Å². The molecule has 0 atom stereocenters. The molecule has 0 heterocycles. The Hall–Kier alpha value is -0.850. The number of hydrogen-bond donors (Lipinski definition) is 0. The minimum Gasteiger partial charge on any atom is -0.207 e. The van der Waals surface area contributed by atoms with Gasteiger partial charge in [0.05, 0.1) is 0 Å². The van der Waals surface area contributed by atoms with Crippen LogP contribution in [0, 0.1) is 18.2 Å². The maximum Gasteiger partial charge on any atom is 0.123 e. The highest BCUT2D eigenvalue weighted by Crippen LogP contribution is 2.10. The van der Waals surface area contributed by atoms with Crippen molar-refractivity contribution in [2.45, 2.75) is 13.8 Å². The first kappa shape index (κ1) is 8.25. The monoisotopic (exact) mass is 151 g/mol. The van der Waals surface area contributed by atoms with Gasteiger partial charge in [-0.25, -0.2) is 4.39 Å². The molecule has 1 aromatic rings. The molecule has 0 aromatic heterocycles. The minimum atomic E-state index is -0.175. The van der Waals surface area contributed by atoms with Crippen LogP contribution in [0.5, 0.6) is 0 Å². The first-order valence-electron chi connectivity index (χ1n) is 3.79. The van der Waals surface area contributed by atoms with Gasteiger partial charge in [0.25, 0.3) is 0 Å². The summed E-state index contributed by atoms with van der Waals surface area (Å²) in [5, 5.41) is 0. The summed E-state index contributed by atoms with van der Waals surface area (Å²) >= 11 is 0. The fourth-order valence-electron chi connectivity index (χ4n) is 0.959. The van der Waals surface area contributed by atoms with Crippen molar-refractivity contribution in [2.24, 2.45) is 5.92 Å². The second-order valence-corrected chi connectivity index (χ2v) is 2.96. The second-order valence-electron chi connectivity index (χ2n) is 2.96. The molecule has 0 nitrogen and oxygen atoms in total. The molecule has 1 radical (unpaired) electrons. The Morgan fingerprint density at radius 2 is 1.73 bits per heavy atom. The molecule has 0 N–H and O–H groups in total. The fraction of sp³-hybridized carbons (Fsp3) is 0.300. The van der Waals surface area contributed by atoms with Gasteiger partial charge in [-0.3, -0.25) is 0 Å². The van der Waals surface area contributed by atoms with E-state index in [1.54, 1.807) is 12.1 Å². The second kappa shape index (κ2) is 3.51. The maximum absolute atomic E-state index is 12.4. The summed E-state index contributed by atoms with van der Waals surface area (Å²) in [6, 6.07) is 6.53. The average Bonchev–Trinajstić information content (AvgIpc) is 1.93. The van der Waals surface area contributed by atoms with E-state index in [9.17, 15) is 4.39 Å². The predicted molar refractivity (Wildman–Crippen MR) is 44.6 cm³/mol. The normalized spacial score (nSPS) is 10.5. The van der Waals surface area contributed by atoms with E-state index in [0.29, 0.717) is 5.92 Å². The van der Waals surface area contributed by atoms with Crippen molar-refractivity contribution < 1.29 is 4.39 Å². The van der Waals surface area contributed by atoms with Crippen LogP contribution in [0.15, 0.2) is 24.3 Å². The number of rotatable bonds is 2. The zero-order chi connectivity index (χ0) is 8.27. The number of benzene rings is 1. The largest absolute Gasteiger partial charge is 0.207 e. The molecule has 0 fully saturated rings. The van der Waals surface area contributed by atoms with Crippen LogP contribution >= 0.6 is 0 Å². The molecule has 0 amide bonds. The molecule has 1 heteroatoms. The lowest BCUT2D eigenvalue weighted by Crippen LogP contribution is -1.90. The lowest BCUT2D eigenvalue weighted by Gasteiger charge is -2.02. The Morgan fingerprint density at radius 3 is 2.18 bits per heavy atom. The summed E-state index contributed by atoms with van der Waals surface area (Å²) in [7, 11) is 0. The summed E-state index contributed by atoms with van der Waals surface area (Å²) in [6.07, 6.45) is 2.10. The van der Waals surface area contributed by atoms with Crippen LogP contribution < -0.4 is 0 Å². The van der Waals surface area contributed by atoms with Gasteiger partial charge in [-0.15, -0.1) is 0 Å². The van der Waals surface area contributed by atoms with Crippen LogP contribution in [0.1, 0.15) is 19.4 Å². The Kier molecular flexibility index (Phi) is 2.64. The van der Waals surface area contributed by atoms with E-state index < -0.39 is 0 Å². The van der Waals surface area contributed by atoms with Gasteiger partial charge in [-0.1, -0.05) is 26.0 Å². The van der Waals surface area contributed by atoms with Crippen molar-refractivity contribution in [2.75, 3.05) is 0 Å². The van der Waals surface area contributed by atoms with Crippen molar-refractivity contribution >= 4 is 0 Å². The van der Waals surface area contributed by atoms with Crippen LogP contribution in [0.4, 0.5) is 4.39 Å². The van der Waals surface area contributed by atoms with E-state index in [1.807, 2.05) is 0 Å². The first-order valence-corrected chi connectivity index (χ1v) is 3.79. The van der Waals surface area contributed by atoms with Gasteiger partial charge in [0, 0.05) is 0 Å². The summed E-state index contributed by atoms with van der Waals surface area (Å²) in [4.78, 5) is 0. The smallest absolute Gasteiger partial charge is 0.123 e. The van der Waals surface area contributed by atoms with E-state index in [-0.39, 0.29) is 5.82 Å². The highest BCUT2D eigenvalue weighted by Gasteiger charge is 1.97. The van der Waals surface area contributed by atoms with Gasteiger partial charge in [0.15, 0.2) is 0 Å². The molecule has 0 aliphatic rings. The van der Waals surface area contributed by atoms with Crippen molar-refractivity contribution in [1.29, 1.82) is 0 Å². The van der Waals surface area contributed by atoms with Crippen LogP contribution in [0.2, 0.25) is 0 Å². The molecule has 0 saturated heterocycles. The van der Waals surface area contributed by atoms with Gasteiger partial charge in [0.1, 0.15) is 5.82 Å². The number of hydrogen-bond acceptors (Lipinski definition) is 0. The SMILES string of the molecule is CC(C)[CH]c1ccc(F)cc1. The zero-order valence-electron chi connectivity index (χ0n) is 6.84. The summed E-state index contributed by atoms with van der Waals surface area (Å²) < 4.78 is 12.4. The highest BCUT2D eigenvalue weighted by atomic mass is 19.1. The summed E-state index contributed by atoms with van der Waals surface area (Å²) in [5.41, 5.74) is 1.08. The van der Waals surface area contributed by atoms with Gasteiger partial charge < -0.3 is 0 Å². The molecule has 0 saturated carbocycles. The Labute approximate surface area is 67.1 Å². The Bertz CT molecular complexity index is 211. The molecule has 0 spiro atoms. The molecule has 1 rings (SSSR count). The van der Waals surface area contributed by atoms with Crippen molar-refractivity contribution in [1.82, 2.24) is 0 Å². The lowest BCUT2D eigenvalue weighted by molar-refractivity contribution is 0.627. The highest BCUT2D eigenvalue weighted by molar-refractivity contribution is 5.23. The Morgan fingerprint density at radius 1 is 1.18 bits per heavy atom. The van der Waals surface area contributed by atoms with E-state index in [0.717, 1.165) is 5.56 Å². The van der Waals surface area contributed by atoms with Crippen molar-refractivity contribution in [3.8, 4) is 0 Å². The minimum absolute atomic E-state index is 0.175. The third-order valence-corrected chi connectivity index (χ3v) is 1.40. The Balaban J connectivity index is 2.66. The first-order chi connectivity index (χ1) is 5.18. The van der Waals surface area contributed by atoms with E-state index in [2.05, 4.69) is 20.3 Å². The van der Waals surface area contributed by atoms with Crippen molar-refractivity contribution in [3.05, 3.63) is 42.1 Å². The van der Waals surface area contributed by atoms with E-state index in [4.69, 9.17) is 0 Å². The lowest BCUT2D eigenvalue weighted by atomic mass is 10.0. The fourth-order valence-corrected chi connectivity index (χ4v) is 0.959. The molecule has 1 aromatic carbocycles. The molecule has 59 valence electrons. The quantitative estimate of drug-likeness (QED) is 0.609. The van der Waals surface area contributed by atoms with Gasteiger partial charge in [-0.05, 0) is 30.0 Å². The summed E-state index contributed by atoms with van der Waals surface area (Å²) in [5.74, 6) is 0.339. The molecular formula is C10H12F. The molecule has 0 aliphatic carbocycles. The van der Waals surface area contributed by atoms with Gasteiger partial charge >= 0.3 is 0 Å². The van der Waals surface area contributed by atoms with E-state index in [1.165, 1.54) is 12.1 Å². The number of halogens is 1. The molecule has 0 bridgehead atoms.